The van der Waals surface area contributed by atoms with Crippen LogP contribution in [0, 0.1) is 16.7 Å². The van der Waals surface area contributed by atoms with Gasteiger partial charge in [-0.25, -0.2) is 0 Å². The van der Waals surface area contributed by atoms with Crippen LogP contribution in [-0.4, -0.2) is 52.8 Å². The van der Waals surface area contributed by atoms with E-state index in [2.05, 4.69) is 52.5 Å². The van der Waals surface area contributed by atoms with Crippen LogP contribution in [0.2, 0.25) is 0 Å². The minimum Gasteiger partial charge on any atom is -0.485 e. The van der Waals surface area contributed by atoms with Crippen LogP contribution in [0.25, 0.3) is 0 Å². The fraction of sp³-hybridized carbons (Fsp3) is 0.720. The molecule has 2 saturated heterocycles. The highest BCUT2D eigenvalue weighted by atomic mass is 16.6. The summed E-state index contributed by atoms with van der Waals surface area (Å²) in [5, 5.41) is 19.3. The summed E-state index contributed by atoms with van der Waals surface area (Å²) in [4.78, 5) is 2.41. The van der Waals surface area contributed by atoms with Crippen LogP contribution >= 0.6 is 0 Å². The van der Waals surface area contributed by atoms with Crippen molar-refractivity contribution in [2.45, 2.75) is 96.5 Å². The molecule has 0 amide bonds. The lowest BCUT2D eigenvalue weighted by Crippen LogP contribution is -2.58. The Morgan fingerprint density at radius 2 is 2.03 bits per heavy atom. The third kappa shape index (κ3) is 4.47. The first-order chi connectivity index (χ1) is 14.5. The van der Waals surface area contributed by atoms with E-state index in [1.807, 2.05) is 18.2 Å². The van der Waals surface area contributed by atoms with Gasteiger partial charge in [-0.1, -0.05) is 13.8 Å². The Balaban J connectivity index is 1.74. The molecule has 170 valence electrons. The van der Waals surface area contributed by atoms with Crippen molar-refractivity contribution >= 4 is 0 Å². The zero-order valence-corrected chi connectivity index (χ0v) is 19.6. The standard InChI is InChI=1S/C25H36N2O4/c1-23(2,15-28)14-24(3,4)31-21-20(27-11-7-8-19-22(27)29-19)17-12-16(13-26)9-10-18(17)30-25(21,5)6/h9-10,12,19-22,28H,7-8,11,14-15H2,1-6H3/t19?,20-,21+,22?/m1/s1. The van der Waals surface area contributed by atoms with Crippen LogP contribution in [0.5, 0.6) is 5.75 Å². The van der Waals surface area contributed by atoms with Gasteiger partial charge in [-0.15, -0.1) is 0 Å². The van der Waals surface area contributed by atoms with E-state index in [1.54, 1.807) is 0 Å². The first-order valence-corrected chi connectivity index (χ1v) is 11.4. The molecular formula is C25H36N2O4. The second kappa shape index (κ2) is 7.74. The number of fused-ring (bicyclic) bond motifs is 2. The number of aliphatic hydroxyl groups excluding tert-OH is 1. The lowest BCUT2D eigenvalue weighted by molar-refractivity contribution is -0.194. The van der Waals surface area contributed by atoms with Crippen LogP contribution in [0.3, 0.4) is 0 Å². The van der Waals surface area contributed by atoms with E-state index in [4.69, 9.17) is 14.2 Å². The SMILES string of the molecule is CC(C)(CO)CC(C)(C)O[C@H]1[C@H](N2CCCC3OC32)c2cc(C#N)ccc2OC1(C)C. The number of rotatable bonds is 6. The van der Waals surface area contributed by atoms with Crippen molar-refractivity contribution in [3.8, 4) is 11.8 Å². The lowest BCUT2D eigenvalue weighted by atomic mass is 9.80. The molecular weight excluding hydrogens is 392 g/mol. The van der Waals surface area contributed by atoms with Gasteiger partial charge >= 0.3 is 0 Å². The number of piperidine rings is 1. The molecule has 4 rings (SSSR count). The molecule has 4 atom stereocenters. The maximum absolute atomic E-state index is 9.81. The van der Waals surface area contributed by atoms with Crippen molar-refractivity contribution in [3.05, 3.63) is 29.3 Å². The molecule has 1 aromatic carbocycles. The number of ether oxygens (including phenoxy) is 3. The molecule has 31 heavy (non-hydrogen) atoms. The molecule has 2 fully saturated rings. The molecule has 1 N–H and O–H groups in total. The summed E-state index contributed by atoms with van der Waals surface area (Å²) in [5.41, 5.74) is 0.322. The van der Waals surface area contributed by atoms with E-state index in [9.17, 15) is 10.4 Å². The van der Waals surface area contributed by atoms with E-state index in [0.717, 1.165) is 30.7 Å². The predicted molar refractivity (Wildman–Crippen MR) is 118 cm³/mol. The predicted octanol–water partition coefficient (Wildman–Crippen LogP) is 4.16. The Morgan fingerprint density at radius 1 is 1.29 bits per heavy atom. The topological polar surface area (TPSA) is 78.3 Å². The van der Waals surface area contributed by atoms with Gasteiger partial charge in [0.25, 0.3) is 0 Å². The molecule has 0 aromatic heterocycles. The number of epoxide rings is 1. The van der Waals surface area contributed by atoms with Gasteiger partial charge < -0.3 is 19.3 Å². The van der Waals surface area contributed by atoms with Crippen LogP contribution in [-0.2, 0) is 9.47 Å². The molecule has 0 radical (unpaired) electrons. The van der Waals surface area contributed by atoms with E-state index >= 15 is 0 Å². The van der Waals surface area contributed by atoms with Gasteiger partial charge in [-0.3, -0.25) is 4.90 Å². The summed E-state index contributed by atoms with van der Waals surface area (Å²) < 4.78 is 19.3. The summed E-state index contributed by atoms with van der Waals surface area (Å²) in [6, 6.07) is 7.87. The molecule has 6 nitrogen and oxygen atoms in total. The third-order valence-corrected chi connectivity index (χ3v) is 6.73. The Labute approximate surface area is 186 Å². The minimum atomic E-state index is -0.575. The van der Waals surface area contributed by atoms with Gasteiger partial charge in [0.05, 0.1) is 29.4 Å². The summed E-state index contributed by atoms with van der Waals surface area (Å²) >= 11 is 0. The molecule has 6 heteroatoms. The van der Waals surface area contributed by atoms with E-state index in [0.29, 0.717) is 18.1 Å². The van der Waals surface area contributed by atoms with Crippen molar-refractivity contribution in [1.82, 2.24) is 4.90 Å². The maximum atomic E-state index is 9.81. The second-order valence-electron chi connectivity index (χ2n) is 11.3. The van der Waals surface area contributed by atoms with Crippen molar-refractivity contribution in [2.75, 3.05) is 13.2 Å². The van der Waals surface area contributed by atoms with Crippen LogP contribution in [0.1, 0.15) is 78.0 Å². The monoisotopic (exact) mass is 428 g/mol. The Kier molecular flexibility index (Phi) is 5.63. The van der Waals surface area contributed by atoms with Gasteiger partial charge in [0.2, 0.25) is 0 Å². The van der Waals surface area contributed by atoms with E-state index in [-0.39, 0.29) is 30.4 Å². The second-order valence-corrected chi connectivity index (χ2v) is 11.3. The van der Waals surface area contributed by atoms with Crippen molar-refractivity contribution < 1.29 is 19.3 Å². The number of aliphatic hydroxyl groups is 1. The quantitative estimate of drug-likeness (QED) is 0.686. The number of hydrogen-bond donors (Lipinski definition) is 1. The fourth-order valence-electron chi connectivity index (χ4n) is 5.52. The first kappa shape index (κ1) is 22.5. The highest BCUT2D eigenvalue weighted by Gasteiger charge is 2.56. The first-order valence-electron chi connectivity index (χ1n) is 11.4. The van der Waals surface area contributed by atoms with Gasteiger partial charge in [0.1, 0.15) is 23.7 Å². The van der Waals surface area contributed by atoms with Gasteiger partial charge in [0.15, 0.2) is 0 Å². The number of nitriles is 1. The molecule has 0 spiro atoms. The summed E-state index contributed by atoms with van der Waals surface area (Å²) in [7, 11) is 0. The maximum Gasteiger partial charge on any atom is 0.138 e. The van der Waals surface area contributed by atoms with Gasteiger partial charge in [0, 0.05) is 18.7 Å². The summed E-state index contributed by atoms with van der Waals surface area (Å²) in [6.45, 7) is 13.5. The fourth-order valence-corrected chi connectivity index (χ4v) is 5.52. The van der Waals surface area contributed by atoms with Crippen LogP contribution in [0.4, 0.5) is 0 Å². The van der Waals surface area contributed by atoms with Crippen LogP contribution < -0.4 is 4.74 Å². The number of likely N-dealkylation sites (tertiary alicyclic amines) is 1. The van der Waals surface area contributed by atoms with E-state index < -0.39 is 11.2 Å². The minimum absolute atomic E-state index is 0.0705. The molecule has 0 aliphatic carbocycles. The van der Waals surface area contributed by atoms with Gasteiger partial charge in [-0.2, -0.15) is 5.26 Å². The molecule has 3 aliphatic heterocycles. The van der Waals surface area contributed by atoms with Crippen molar-refractivity contribution in [1.29, 1.82) is 5.26 Å². The van der Waals surface area contributed by atoms with Crippen molar-refractivity contribution in [3.63, 3.8) is 0 Å². The van der Waals surface area contributed by atoms with E-state index in [1.165, 1.54) is 0 Å². The average molecular weight is 429 g/mol. The average Bonchev–Trinajstić information content (AvgIpc) is 3.47. The zero-order chi connectivity index (χ0) is 22.6. The molecule has 1 aromatic rings. The Hall–Kier alpha value is -1.65. The zero-order valence-electron chi connectivity index (χ0n) is 19.6. The molecule has 3 heterocycles. The number of nitrogens with zero attached hydrogens (tertiary/aromatic N) is 2. The summed E-state index contributed by atoms with van der Waals surface area (Å²) in [5.74, 6) is 0.810. The molecule has 3 aliphatic rings. The number of hydrogen-bond acceptors (Lipinski definition) is 6. The number of benzene rings is 1. The summed E-state index contributed by atoms with van der Waals surface area (Å²) in [6.07, 6.45) is 3.03. The highest BCUT2D eigenvalue weighted by Crippen LogP contribution is 2.50. The molecule has 2 unspecified atom stereocenters. The Bertz CT molecular complexity index is 873. The Morgan fingerprint density at radius 3 is 2.71 bits per heavy atom. The largest absolute Gasteiger partial charge is 0.485 e. The normalized spacial score (nSPS) is 30.0. The van der Waals surface area contributed by atoms with Crippen molar-refractivity contribution in [2.24, 2.45) is 5.41 Å². The smallest absolute Gasteiger partial charge is 0.138 e. The molecule has 0 saturated carbocycles. The third-order valence-electron chi connectivity index (χ3n) is 6.73. The lowest BCUT2D eigenvalue weighted by Gasteiger charge is -2.51. The van der Waals surface area contributed by atoms with Crippen LogP contribution in [0.15, 0.2) is 18.2 Å². The molecule has 0 bridgehead atoms. The highest BCUT2D eigenvalue weighted by molar-refractivity contribution is 5.46. The van der Waals surface area contributed by atoms with Gasteiger partial charge in [-0.05, 0) is 70.6 Å².